The van der Waals surface area contributed by atoms with E-state index in [1.54, 1.807) is 38.5 Å². The molecule has 0 saturated heterocycles. The Hall–Kier alpha value is -2.05. The maximum Gasteiger partial charge on any atom is 0.242 e. The van der Waals surface area contributed by atoms with Crippen molar-refractivity contribution in [2.24, 2.45) is 4.99 Å². The summed E-state index contributed by atoms with van der Waals surface area (Å²) in [6.45, 7) is 3.76. The predicted molar refractivity (Wildman–Crippen MR) is 139 cm³/mol. The number of aliphatic imine (C=N–C) groups is 1. The third-order valence-electron chi connectivity index (χ3n) is 4.71. The van der Waals surface area contributed by atoms with Crippen LogP contribution in [0.4, 0.5) is 0 Å². The van der Waals surface area contributed by atoms with Crippen molar-refractivity contribution >= 4 is 40.0 Å². The average molecular weight is 577 g/mol. The number of sulfonamides is 1. The van der Waals surface area contributed by atoms with Gasteiger partial charge in [-0.1, -0.05) is 12.1 Å². The fourth-order valence-corrected chi connectivity index (χ4v) is 3.83. The van der Waals surface area contributed by atoms with Crippen LogP contribution < -0.4 is 14.8 Å². The highest BCUT2D eigenvalue weighted by atomic mass is 127. The number of nitrogens with zero attached hydrogens (tertiary/aromatic N) is 3. The highest BCUT2D eigenvalue weighted by molar-refractivity contribution is 14.0. The molecule has 2 aromatic carbocycles. The fraction of sp³-hybridized carbons (Fsp3) is 0.409. The molecule has 178 valence electrons. The first kappa shape index (κ1) is 28.0. The summed E-state index contributed by atoms with van der Waals surface area (Å²) < 4.78 is 36.4. The van der Waals surface area contributed by atoms with Gasteiger partial charge in [-0.15, -0.1) is 24.0 Å². The van der Waals surface area contributed by atoms with E-state index < -0.39 is 10.0 Å². The fourth-order valence-electron chi connectivity index (χ4n) is 2.93. The number of methoxy groups -OCH3 is 2. The number of hydrogen-bond donors (Lipinski definition) is 1. The van der Waals surface area contributed by atoms with Crippen molar-refractivity contribution in [2.75, 3.05) is 41.9 Å². The van der Waals surface area contributed by atoms with Crippen molar-refractivity contribution in [1.29, 1.82) is 0 Å². The Morgan fingerprint density at radius 2 is 1.69 bits per heavy atom. The van der Waals surface area contributed by atoms with Crippen molar-refractivity contribution in [1.82, 2.24) is 14.5 Å². The third-order valence-corrected chi connectivity index (χ3v) is 6.54. The highest BCUT2D eigenvalue weighted by Gasteiger charge is 2.16. The van der Waals surface area contributed by atoms with Crippen molar-refractivity contribution in [3.8, 4) is 11.5 Å². The minimum Gasteiger partial charge on any atom is -0.497 e. The van der Waals surface area contributed by atoms with Gasteiger partial charge in [0.15, 0.2) is 5.96 Å². The summed E-state index contributed by atoms with van der Waals surface area (Å²) in [4.78, 5) is 6.98. The largest absolute Gasteiger partial charge is 0.497 e. The molecule has 0 atom stereocenters. The highest BCUT2D eigenvalue weighted by Crippen LogP contribution is 2.25. The Kier molecular flexibility index (Phi) is 11.2. The van der Waals surface area contributed by atoms with E-state index >= 15 is 0 Å². The SMILES string of the molecule is CCNC(=NCc1ccc(S(=O)(=O)N(C)C)cc1)N(C)Cc1ccc(OC)cc1OC.I. The van der Waals surface area contributed by atoms with E-state index in [-0.39, 0.29) is 28.9 Å². The van der Waals surface area contributed by atoms with E-state index in [4.69, 9.17) is 14.5 Å². The van der Waals surface area contributed by atoms with Crippen LogP contribution in [-0.4, -0.2) is 65.5 Å². The van der Waals surface area contributed by atoms with Crippen LogP contribution >= 0.6 is 24.0 Å². The van der Waals surface area contributed by atoms with E-state index in [2.05, 4.69) is 5.32 Å². The van der Waals surface area contributed by atoms with E-state index in [0.717, 1.165) is 35.1 Å². The first-order valence-corrected chi connectivity index (χ1v) is 11.4. The van der Waals surface area contributed by atoms with Crippen LogP contribution in [0.2, 0.25) is 0 Å². The van der Waals surface area contributed by atoms with Crippen LogP contribution in [0.25, 0.3) is 0 Å². The summed E-state index contributed by atoms with van der Waals surface area (Å²) in [5.74, 6) is 2.23. The summed E-state index contributed by atoms with van der Waals surface area (Å²) in [6, 6.07) is 12.5. The Morgan fingerprint density at radius 3 is 2.22 bits per heavy atom. The molecular weight excluding hydrogens is 543 g/mol. The molecule has 0 heterocycles. The zero-order chi connectivity index (χ0) is 23.0. The van der Waals surface area contributed by atoms with Gasteiger partial charge in [-0.05, 0) is 36.8 Å². The lowest BCUT2D eigenvalue weighted by atomic mass is 10.2. The molecule has 0 fully saturated rings. The number of rotatable bonds is 9. The van der Waals surface area contributed by atoms with Gasteiger partial charge in [0.05, 0.1) is 25.7 Å². The van der Waals surface area contributed by atoms with Gasteiger partial charge in [-0.2, -0.15) is 0 Å². The number of nitrogens with one attached hydrogen (secondary N) is 1. The second-order valence-corrected chi connectivity index (χ2v) is 9.29. The number of halogens is 1. The molecule has 0 saturated carbocycles. The quantitative estimate of drug-likeness (QED) is 0.281. The lowest BCUT2D eigenvalue weighted by Crippen LogP contribution is -2.38. The normalized spacial score (nSPS) is 11.7. The van der Waals surface area contributed by atoms with E-state index in [1.807, 2.05) is 37.1 Å². The minimum absolute atomic E-state index is 0. The number of benzene rings is 2. The van der Waals surface area contributed by atoms with Gasteiger partial charge in [0.2, 0.25) is 10.0 Å². The first-order valence-electron chi connectivity index (χ1n) is 9.94. The van der Waals surface area contributed by atoms with Crippen LogP contribution in [-0.2, 0) is 23.1 Å². The van der Waals surface area contributed by atoms with E-state index in [1.165, 1.54) is 18.4 Å². The molecule has 0 aromatic heterocycles. The van der Waals surface area contributed by atoms with E-state index in [0.29, 0.717) is 13.1 Å². The van der Waals surface area contributed by atoms with Crippen molar-refractivity contribution in [2.45, 2.75) is 24.9 Å². The molecule has 2 aromatic rings. The van der Waals surface area contributed by atoms with Crippen molar-refractivity contribution in [3.05, 3.63) is 53.6 Å². The molecule has 0 bridgehead atoms. The molecule has 0 unspecified atom stereocenters. The third kappa shape index (κ3) is 7.24. The lowest BCUT2D eigenvalue weighted by Gasteiger charge is -2.23. The number of ether oxygens (including phenoxy) is 2. The molecule has 0 aliphatic rings. The Bertz CT molecular complexity index is 995. The molecular formula is C22H33IN4O4S. The Labute approximate surface area is 208 Å². The molecule has 10 heteroatoms. The minimum atomic E-state index is -3.44. The molecule has 8 nitrogen and oxygen atoms in total. The summed E-state index contributed by atoms with van der Waals surface area (Å²) in [7, 11) is 4.82. The molecule has 1 N–H and O–H groups in total. The Morgan fingerprint density at radius 1 is 1.03 bits per heavy atom. The first-order chi connectivity index (χ1) is 14.7. The average Bonchev–Trinajstić information content (AvgIpc) is 2.76. The van der Waals surface area contributed by atoms with Gasteiger partial charge in [0, 0.05) is 45.9 Å². The van der Waals surface area contributed by atoms with Crippen LogP contribution in [0, 0.1) is 0 Å². The van der Waals surface area contributed by atoms with Gasteiger partial charge >= 0.3 is 0 Å². The monoisotopic (exact) mass is 576 g/mol. The topological polar surface area (TPSA) is 83.5 Å². The van der Waals surface area contributed by atoms with Gasteiger partial charge in [-0.25, -0.2) is 17.7 Å². The second kappa shape index (κ2) is 12.9. The van der Waals surface area contributed by atoms with Crippen molar-refractivity contribution < 1.29 is 17.9 Å². The lowest BCUT2D eigenvalue weighted by molar-refractivity contribution is 0.382. The van der Waals surface area contributed by atoms with Gasteiger partial charge in [0.25, 0.3) is 0 Å². The zero-order valence-corrected chi connectivity index (χ0v) is 22.6. The summed E-state index contributed by atoms with van der Waals surface area (Å²) in [6.07, 6.45) is 0. The molecule has 2 rings (SSSR count). The molecule has 0 amide bonds. The molecule has 0 spiro atoms. The summed E-state index contributed by atoms with van der Waals surface area (Å²) >= 11 is 0. The smallest absolute Gasteiger partial charge is 0.242 e. The van der Waals surface area contributed by atoms with Crippen molar-refractivity contribution in [3.63, 3.8) is 0 Å². The van der Waals surface area contributed by atoms with Gasteiger partial charge in [-0.3, -0.25) is 0 Å². The maximum absolute atomic E-state index is 12.2. The molecule has 0 aliphatic carbocycles. The molecule has 0 aliphatic heterocycles. The zero-order valence-electron chi connectivity index (χ0n) is 19.5. The molecule has 0 radical (unpaired) electrons. The standard InChI is InChI=1S/C22H32N4O4S.HI/c1-7-23-22(26(4)16-18-10-11-19(29-5)14-21(18)30-6)24-15-17-8-12-20(13-9-17)31(27,28)25(2)3;/h8-14H,7,15-16H2,1-6H3,(H,23,24);1H. The van der Waals surface area contributed by atoms with Crippen LogP contribution in [0.5, 0.6) is 11.5 Å². The summed E-state index contributed by atoms with van der Waals surface area (Å²) in [5.41, 5.74) is 1.93. The van der Waals surface area contributed by atoms with Gasteiger partial charge < -0.3 is 19.7 Å². The number of hydrogen-bond acceptors (Lipinski definition) is 5. The van der Waals surface area contributed by atoms with Crippen LogP contribution in [0.15, 0.2) is 52.4 Å². The number of guanidine groups is 1. The van der Waals surface area contributed by atoms with Crippen LogP contribution in [0.3, 0.4) is 0 Å². The maximum atomic E-state index is 12.2. The van der Waals surface area contributed by atoms with Crippen LogP contribution in [0.1, 0.15) is 18.1 Å². The molecule has 32 heavy (non-hydrogen) atoms. The van der Waals surface area contributed by atoms with E-state index in [9.17, 15) is 8.42 Å². The van der Waals surface area contributed by atoms with Gasteiger partial charge in [0.1, 0.15) is 11.5 Å². The summed E-state index contributed by atoms with van der Waals surface area (Å²) in [5, 5.41) is 3.29. The second-order valence-electron chi connectivity index (χ2n) is 7.14. The predicted octanol–water partition coefficient (Wildman–Crippen LogP) is 3.17. The Balaban J connectivity index is 0.00000512.